The number of piperidine rings is 1. The van der Waals surface area contributed by atoms with Crippen LogP contribution in [0.2, 0.25) is 0 Å². The third-order valence-electron chi connectivity index (χ3n) is 5.48. The van der Waals surface area contributed by atoms with E-state index in [9.17, 15) is 4.79 Å². The fourth-order valence-electron chi connectivity index (χ4n) is 3.91. The summed E-state index contributed by atoms with van der Waals surface area (Å²) < 4.78 is 0. The Labute approximate surface area is 171 Å². The van der Waals surface area contributed by atoms with E-state index < -0.39 is 0 Å². The molecule has 2 heterocycles. The summed E-state index contributed by atoms with van der Waals surface area (Å²) in [6.45, 7) is 5.85. The fraction of sp³-hybridized carbons (Fsp3) is 0.571. The van der Waals surface area contributed by atoms with Gasteiger partial charge in [-0.2, -0.15) is 0 Å². The number of rotatable bonds is 7. The summed E-state index contributed by atoms with van der Waals surface area (Å²) in [6.07, 6.45) is 5.53. The Bertz CT molecular complexity index is 776. The van der Waals surface area contributed by atoms with Gasteiger partial charge in [0.2, 0.25) is 5.13 Å². The number of nitrogens with zero attached hydrogens (tertiary/aromatic N) is 4. The van der Waals surface area contributed by atoms with Crippen molar-refractivity contribution in [1.82, 2.24) is 20.0 Å². The third kappa shape index (κ3) is 4.89. The third-order valence-corrected chi connectivity index (χ3v) is 6.48. The van der Waals surface area contributed by atoms with Gasteiger partial charge in [-0.15, -0.1) is 10.2 Å². The highest BCUT2D eigenvalue weighted by atomic mass is 32.1. The summed E-state index contributed by atoms with van der Waals surface area (Å²) in [5, 5.41) is 13.1. The Morgan fingerprint density at radius 1 is 1.25 bits per heavy atom. The number of anilines is 1. The minimum absolute atomic E-state index is 0.0353. The second-order valence-corrected chi connectivity index (χ2v) is 8.87. The first-order valence-electron chi connectivity index (χ1n) is 10.4. The molecule has 2 aliphatic rings. The van der Waals surface area contributed by atoms with E-state index in [0.29, 0.717) is 11.0 Å². The fourth-order valence-corrected chi connectivity index (χ4v) is 4.81. The average Bonchev–Trinajstić information content (AvgIpc) is 3.46. The number of nitrogens with one attached hydrogen (secondary N) is 1. The number of benzene rings is 1. The maximum Gasteiger partial charge on any atom is 0.323 e. The molecule has 1 atom stereocenters. The lowest BCUT2D eigenvalue weighted by molar-refractivity contribution is 0.113. The van der Waals surface area contributed by atoms with Gasteiger partial charge < -0.3 is 4.90 Å². The van der Waals surface area contributed by atoms with Gasteiger partial charge in [0.05, 0.1) is 0 Å². The molecule has 2 amide bonds. The maximum absolute atomic E-state index is 13.0. The molecule has 1 saturated heterocycles. The first-order chi connectivity index (χ1) is 13.7. The molecular formula is C21H29N5OS. The van der Waals surface area contributed by atoms with Gasteiger partial charge in [0.15, 0.2) is 0 Å². The highest BCUT2D eigenvalue weighted by molar-refractivity contribution is 7.15. The normalized spacial score (nSPS) is 20.1. The summed E-state index contributed by atoms with van der Waals surface area (Å²) >= 11 is 1.53. The molecule has 1 aliphatic heterocycles. The zero-order valence-electron chi connectivity index (χ0n) is 16.5. The smallest absolute Gasteiger partial charge is 0.320 e. The van der Waals surface area contributed by atoms with Gasteiger partial charge in [-0.05, 0) is 44.2 Å². The van der Waals surface area contributed by atoms with Crippen LogP contribution in [0.1, 0.15) is 55.5 Å². The van der Waals surface area contributed by atoms with Gasteiger partial charge >= 0.3 is 6.03 Å². The van der Waals surface area contributed by atoms with E-state index in [0.717, 1.165) is 50.4 Å². The monoisotopic (exact) mass is 399 g/mol. The van der Waals surface area contributed by atoms with Crippen LogP contribution in [0.4, 0.5) is 9.93 Å². The Kier molecular flexibility index (Phi) is 6.22. The number of urea groups is 1. The summed E-state index contributed by atoms with van der Waals surface area (Å²) in [6, 6.07) is 10.8. The average molecular weight is 400 g/mol. The van der Waals surface area contributed by atoms with E-state index >= 15 is 0 Å². The van der Waals surface area contributed by atoms with Crippen molar-refractivity contribution in [1.29, 1.82) is 0 Å². The van der Waals surface area contributed by atoms with Gasteiger partial charge in [0.1, 0.15) is 5.01 Å². The quantitative estimate of drug-likeness (QED) is 0.753. The molecule has 7 heteroatoms. The predicted molar refractivity (Wildman–Crippen MR) is 113 cm³/mol. The first kappa shape index (κ1) is 19.3. The summed E-state index contributed by atoms with van der Waals surface area (Å²) in [4.78, 5) is 17.5. The van der Waals surface area contributed by atoms with Crippen LogP contribution in [0, 0.1) is 0 Å². The highest BCUT2D eigenvalue weighted by Crippen LogP contribution is 2.42. The number of hydrogen-bond donors (Lipinski definition) is 1. The van der Waals surface area contributed by atoms with Crippen molar-refractivity contribution >= 4 is 22.5 Å². The van der Waals surface area contributed by atoms with Gasteiger partial charge in [-0.3, -0.25) is 10.2 Å². The molecular weight excluding hydrogens is 370 g/mol. The molecule has 2 aromatic rings. The first-order valence-corrected chi connectivity index (χ1v) is 11.2. The largest absolute Gasteiger partial charge is 0.323 e. The Morgan fingerprint density at radius 3 is 2.82 bits per heavy atom. The minimum atomic E-state index is -0.0353. The molecule has 1 unspecified atom stereocenters. The van der Waals surface area contributed by atoms with Crippen LogP contribution in [0.3, 0.4) is 0 Å². The molecule has 2 fully saturated rings. The summed E-state index contributed by atoms with van der Waals surface area (Å²) in [7, 11) is 0. The van der Waals surface area contributed by atoms with Crippen molar-refractivity contribution in [2.24, 2.45) is 0 Å². The standard InChI is InChI=1S/C21H29N5OS/c1-2-12-26(21(27)22-20-24-23-19(28-20)17-10-11-17)18-9-6-13-25(15-18)14-16-7-4-3-5-8-16/h3-5,7-8,17-18H,2,6,9-15H2,1H3,(H,22,24,27). The zero-order chi connectivity index (χ0) is 19.3. The van der Waals surface area contributed by atoms with Crippen molar-refractivity contribution in [2.45, 2.75) is 57.5 Å². The van der Waals surface area contributed by atoms with Crippen molar-refractivity contribution in [3.8, 4) is 0 Å². The number of carbonyl (C=O) groups is 1. The predicted octanol–water partition coefficient (Wildman–Crippen LogP) is 4.32. The van der Waals surface area contributed by atoms with E-state index in [1.165, 1.54) is 29.7 Å². The van der Waals surface area contributed by atoms with Crippen LogP contribution in [0.25, 0.3) is 0 Å². The molecule has 4 rings (SSSR count). The van der Waals surface area contributed by atoms with Crippen LogP contribution in [0.5, 0.6) is 0 Å². The van der Waals surface area contributed by atoms with E-state index in [-0.39, 0.29) is 12.1 Å². The Morgan fingerprint density at radius 2 is 2.07 bits per heavy atom. The van der Waals surface area contributed by atoms with E-state index in [1.54, 1.807) is 0 Å². The van der Waals surface area contributed by atoms with Gasteiger partial charge in [0.25, 0.3) is 0 Å². The second-order valence-electron chi connectivity index (χ2n) is 7.86. The molecule has 28 heavy (non-hydrogen) atoms. The maximum atomic E-state index is 13.0. The van der Waals surface area contributed by atoms with Crippen LogP contribution in [-0.4, -0.2) is 51.7 Å². The van der Waals surface area contributed by atoms with Crippen LogP contribution in [-0.2, 0) is 6.54 Å². The van der Waals surface area contributed by atoms with E-state index in [4.69, 9.17) is 0 Å². The molecule has 0 spiro atoms. The molecule has 150 valence electrons. The SMILES string of the molecule is CCCN(C(=O)Nc1nnc(C2CC2)s1)C1CCCN(Cc2ccccc2)C1. The van der Waals surface area contributed by atoms with Crippen molar-refractivity contribution in [3.63, 3.8) is 0 Å². The molecule has 0 radical (unpaired) electrons. The molecule has 1 saturated carbocycles. The number of likely N-dealkylation sites (tertiary alicyclic amines) is 1. The van der Waals surface area contributed by atoms with Crippen molar-refractivity contribution in [3.05, 3.63) is 40.9 Å². The van der Waals surface area contributed by atoms with Gasteiger partial charge in [-0.25, -0.2) is 4.79 Å². The highest BCUT2D eigenvalue weighted by Gasteiger charge is 2.30. The molecule has 6 nitrogen and oxygen atoms in total. The van der Waals surface area contributed by atoms with Crippen LogP contribution in [0.15, 0.2) is 30.3 Å². The Balaban J connectivity index is 1.38. The number of carbonyl (C=O) groups excluding carboxylic acids is 1. The van der Waals surface area contributed by atoms with E-state index in [1.807, 2.05) is 4.90 Å². The summed E-state index contributed by atoms with van der Waals surface area (Å²) in [5.74, 6) is 0.569. The molecule has 1 aliphatic carbocycles. The lowest BCUT2D eigenvalue weighted by Gasteiger charge is -2.39. The van der Waals surface area contributed by atoms with Gasteiger partial charge in [-0.1, -0.05) is 48.6 Å². The summed E-state index contributed by atoms with van der Waals surface area (Å²) in [5.41, 5.74) is 1.33. The van der Waals surface area contributed by atoms with Crippen molar-refractivity contribution in [2.75, 3.05) is 25.0 Å². The topological polar surface area (TPSA) is 61.4 Å². The number of hydrogen-bond acceptors (Lipinski definition) is 5. The molecule has 1 aromatic carbocycles. The lowest BCUT2D eigenvalue weighted by atomic mass is 10.0. The van der Waals surface area contributed by atoms with Crippen molar-refractivity contribution < 1.29 is 4.79 Å². The minimum Gasteiger partial charge on any atom is -0.320 e. The van der Waals surface area contributed by atoms with Crippen LogP contribution >= 0.6 is 11.3 Å². The van der Waals surface area contributed by atoms with E-state index in [2.05, 4.69) is 57.7 Å². The number of aromatic nitrogens is 2. The second kappa shape index (κ2) is 9.01. The van der Waals surface area contributed by atoms with Crippen LogP contribution < -0.4 is 5.32 Å². The lowest BCUT2D eigenvalue weighted by Crippen LogP contribution is -2.51. The Hall–Kier alpha value is -1.99. The number of amides is 2. The van der Waals surface area contributed by atoms with Gasteiger partial charge in [0, 0.05) is 31.6 Å². The molecule has 0 bridgehead atoms. The molecule has 1 N–H and O–H groups in total. The molecule has 1 aromatic heterocycles. The zero-order valence-corrected chi connectivity index (χ0v) is 17.3.